The summed E-state index contributed by atoms with van der Waals surface area (Å²) < 4.78 is 10.2. The van der Waals surface area contributed by atoms with Crippen molar-refractivity contribution in [3.05, 3.63) is 35.9 Å². The van der Waals surface area contributed by atoms with Gasteiger partial charge >= 0.3 is 12.1 Å². The second-order valence-corrected chi connectivity index (χ2v) is 6.64. The molecule has 0 bridgehead atoms. The van der Waals surface area contributed by atoms with Crippen LogP contribution in [-0.4, -0.2) is 60.1 Å². The Morgan fingerprint density at radius 2 is 1.81 bits per heavy atom. The molecule has 2 aliphatic heterocycles. The first-order valence-electron chi connectivity index (χ1n) is 8.94. The van der Waals surface area contributed by atoms with E-state index >= 15 is 0 Å². The monoisotopic (exact) mass is 360 g/mol. The van der Waals surface area contributed by atoms with E-state index in [4.69, 9.17) is 9.47 Å². The molecule has 0 radical (unpaired) electrons. The molecule has 0 unspecified atom stereocenters. The summed E-state index contributed by atoms with van der Waals surface area (Å²) in [6.07, 6.45) is 1.81. The summed E-state index contributed by atoms with van der Waals surface area (Å²) in [5, 5.41) is 0. The molecular weight excluding hydrogens is 336 g/mol. The van der Waals surface area contributed by atoms with Gasteiger partial charge in [-0.2, -0.15) is 0 Å². The fraction of sp³-hybridized carbons (Fsp3) is 0.526. The largest absolute Gasteiger partial charge is 0.467 e. The molecule has 2 aliphatic rings. The lowest BCUT2D eigenvalue weighted by atomic mass is 10.0. The van der Waals surface area contributed by atoms with Crippen molar-refractivity contribution in [3.63, 3.8) is 0 Å². The Balaban J connectivity index is 1.51. The maximum Gasteiger partial charge on any atom is 0.410 e. The van der Waals surface area contributed by atoms with Crippen LogP contribution in [0.3, 0.4) is 0 Å². The highest BCUT2D eigenvalue weighted by Crippen LogP contribution is 2.28. The lowest BCUT2D eigenvalue weighted by Crippen LogP contribution is -2.51. The topological polar surface area (TPSA) is 76.2 Å². The van der Waals surface area contributed by atoms with E-state index in [2.05, 4.69) is 0 Å². The first kappa shape index (κ1) is 18.2. The number of piperidine rings is 1. The predicted molar refractivity (Wildman–Crippen MR) is 93.1 cm³/mol. The van der Waals surface area contributed by atoms with Crippen LogP contribution >= 0.6 is 0 Å². The highest BCUT2D eigenvalue weighted by molar-refractivity contribution is 5.88. The number of carbonyl (C=O) groups excluding carboxylic acids is 3. The van der Waals surface area contributed by atoms with Crippen LogP contribution in [0, 0.1) is 0 Å². The van der Waals surface area contributed by atoms with Crippen molar-refractivity contribution >= 4 is 18.0 Å². The van der Waals surface area contributed by atoms with E-state index in [9.17, 15) is 14.4 Å². The van der Waals surface area contributed by atoms with E-state index in [0.717, 1.165) is 5.56 Å². The van der Waals surface area contributed by atoms with Crippen LogP contribution in [0.4, 0.5) is 4.79 Å². The first-order chi connectivity index (χ1) is 12.6. The van der Waals surface area contributed by atoms with Gasteiger partial charge in [0.05, 0.1) is 7.11 Å². The zero-order chi connectivity index (χ0) is 18.5. The van der Waals surface area contributed by atoms with Gasteiger partial charge in [-0.1, -0.05) is 30.3 Å². The molecule has 1 aromatic carbocycles. The molecule has 0 aromatic heterocycles. The van der Waals surface area contributed by atoms with Gasteiger partial charge in [-0.15, -0.1) is 0 Å². The standard InChI is InChI=1S/C19H24N2O5/c1-25-18(23)16-7-8-17(22)21(16)15-9-11-20(12-10-15)19(24)26-13-14-5-3-2-4-6-14/h2-6,15-16H,7-13H2,1H3/t16-/m1/s1. The van der Waals surface area contributed by atoms with Gasteiger partial charge in [-0.25, -0.2) is 9.59 Å². The molecule has 0 N–H and O–H groups in total. The van der Waals surface area contributed by atoms with Crippen LogP contribution in [0.25, 0.3) is 0 Å². The molecule has 2 heterocycles. The van der Waals surface area contributed by atoms with Crippen molar-refractivity contribution in [2.75, 3.05) is 20.2 Å². The summed E-state index contributed by atoms with van der Waals surface area (Å²) in [6, 6.07) is 9.01. The quantitative estimate of drug-likeness (QED) is 0.767. The number of rotatable bonds is 4. The number of hydrogen-bond acceptors (Lipinski definition) is 5. The van der Waals surface area contributed by atoms with E-state index in [-0.39, 0.29) is 30.6 Å². The van der Waals surface area contributed by atoms with Crippen molar-refractivity contribution in [3.8, 4) is 0 Å². The van der Waals surface area contributed by atoms with Gasteiger partial charge in [0.15, 0.2) is 0 Å². The van der Waals surface area contributed by atoms with Crippen LogP contribution in [-0.2, 0) is 25.7 Å². The minimum absolute atomic E-state index is 0.00879. The third kappa shape index (κ3) is 3.98. The molecule has 140 valence electrons. The molecule has 2 fully saturated rings. The molecule has 0 aliphatic carbocycles. The van der Waals surface area contributed by atoms with Crippen LogP contribution < -0.4 is 0 Å². The van der Waals surface area contributed by atoms with Gasteiger partial charge in [-0.3, -0.25) is 4.79 Å². The molecule has 0 saturated carbocycles. The fourth-order valence-corrected chi connectivity index (χ4v) is 3.66. The Kier molecular flexibility index (Phi) is 5.75. The van der Waals surface area contributed by atoms with Crippen molar-refractivity contribution in [1.29, 1.82) is 0 Å². The number of carbonyl (C=O) groups is 3. The van der Waals surface area contributed by atoms with E-state index in [1.165, 1.54) is 7.11 Å². The van der Waals surface area contributed by atoms with Crippen molar-refractivity contribution < 1.29 is 23.9 Å². The molecule has 2 saturated heterocycles. The maximum atomic E-state index is 12.2. The summed E-state index contributed by atoms with van der Waals surface area (Å²) in [4.78, 5) is 39.7. The number of benzene rings is 1. The summed E-state index contributed by atoms with van der Waals surface area (Å²) >= 11 is 0. The maximum absolute atomic E-state index is 12.2. The Morgan fingerprint density at radius 1 is 1.12 bits per heavy atom. The predicted octanol–water partition coefficient (Wildman–Crippen LogP) is 1.95. The Hall–Kier alpha value is -2.57. The normalized spacial score (nSPS) is 21.0. The average Bonchev–Trinajstić information content (AvgIpc) is 3.08. The summed E-state index contributed by atoms with van der Waals surface area (Å²) in [5.74, 6) is -0.369. The van der Waals surface area contributed by atoms with Gasteiger partial charge in [0, 0.05) is 25.6 Å². The number of hydrogen-bond donors (Lipinski definition) is 0. The smallest absolute Gasteiger partial charge is 0.410 e. The van der Waals surface area contributed by atoms with Crippen LogP contribution in [0.2, 0.25) is 0 Å². The van der Waals surface area contributed by atoms with E-state index in [1.54, 1.807) is 9.80 Å². The first-order valence-corrected chi connectivity index (χ1v) is 8.94. The van der Waals surface area contributed by atoms with Gasteiger partial charge in [0.1, 0.15) is 12.6 Å². The molecule has 3 rings (SSSR count). The Morgan fingerprint density at radius 3 is 2.46 bits per heavy atom. The molecule has 1 atom stereocenters. The highest BCUT2D eigenvalue weighted by Gasteiger charge is 2.42. The highest BCUT2D eigenvalue weighted by atomic mass is 16.6. The zero-order valence-corrected chi connectivity index (χ0v) is 14.9. The van der Waals surface area contributed by atoms with Gasteiger partial charge in [0.2, 0.25) is 5.91 Å². The molecule has 2 amide bonds. The Bertz CT molecular complexity index is 655. The third-order valence-corrected chi connectivity index (χ3v) is 5.05. The second kappa shape index (κ2) is 8.21. The molecule has 7 heteroatoms. The number of amides is 2. The van der Waals surface area contributed by atoms with Gasteiger partial charge in [-0.05, 0) is 24.8 Å². The second-order valence-electron chi connectivity index (χ2n) is 6.64. The minimum atomic E-state index is -0.492. The molecular formula is C19H24N2O5. The summed E-state index contributed by atoms with van der Waals surface area (Å²) in [6.45, 7) is 1.26. The SMILES string of the molecule is COC(=O)[C@H]1CCC(=O)N1C1CCN(C(=O)OCc2ccccc2)CC1. The van der Waals surface area contributed by atoms with Crippen LogP contribution in [0.1, 0.15) is 31.2 Å². The summed E-state index contributed by atoms with van der Waals surface area (Å²) in [7, 11) is 1.34. The van der Waals surface area contributed by atoms with E-state index < -0.39 is 6.04 Å². The minimum Gasteiger partial charge on any atom is -0.467 e. The number of esters is 1. The number of likely N-dealkylation sites (tertiary alicyclic amines) is 2. The zero-order valence-electron chi connectivity index (χ0n) is 14.9. The summed E-state index contributed by atoms with van der Waals surface area (Å²) in [5.41, 5.74) is 0.944. The lowest BCUT2D eigenvalue weighted by Gasteiger charge is -2.38. The van der Waals surface area contributed by atoms with Gasteiger partial charge in [0.25, 0.3) is 0 Å². The van der Waals surface area contributed by atoms with Crippen LogP contribution in [0.5, 0.6) is 0 Å². The van der Waals surface area contributed by atoms with Crippen LogP contribution in [0.15, 0.2) is 30.3 Å². The molecule has 1 aromatic rings. The van der Waals surface area contributed by atoms with Crippen molar-refractivity contribution in [2.45, 2.75) is 44.4 Å². The third-order valence-electron chi connectivity index (χ3n) is 5.05. The number of ether oxygens (including phenoxy) is 2. The molecule has 26 heavy (non-hydrogen) atoms. The fourth-order valence-electron chi connectivity index (χ4n) is 3.66. The van der Waals surface area contributed by atoms with Gasteiger partial charge < -0.3 is 19.3 Å². The molecule has 7 nitrogen and oxygen atoms in total. The number of nitrogens with zero attached hydrogens (tertiary/aromatic N) is 2. The molecule has 0 spiro atoms. The van der Waals surface area contributed by atoms with E-state index in [1.807, 2.05) is 30.3 Å². The average molecular weight is 360 g/mol. The Labute approximate surface area is 152 Å². The van der Waals surface area contributed by atoms with Crippen molar-refractivity contribution in [1.82, 2.24) is 9.80 Å². The number of methoxy groups -OCH3 is 1. The lowest BCUT2D eigenvalue weighted by molar-refractivity contribution is -0.151. The van der Waals surface area contributed by atoms with Crippen molar-refractivity contribution in [2.24, 2.45) is 0 Å². The van der Waals surface area contributed by atoms with E-state index in [0.29, 0.717) is 38.8 Å².